The summed E-state index contributed by atoms with van der Waals surface area (Å²) in [6.07, 6.45) is -4.14. The van der Waals surface area contributed by atoms with Crippen molar-refractivity contribution in [1.82, 2.24) is 10.1 Å². The van der Waals surface area contributed by atoms with Crippen molar-refractivity contribution in [3.05, 3.63) is 63.6 Å². The second-order valence-electron chi connectivity index (χ2n) is 5.68. The fourth-order valence-electron chi connectivity index (χ4n) is 2.31. The topological polar surface area (TPSA) is 68.0 Å². The molecule has 3 aromatic rings. The Morgan fingerprint density at radius 1 is 1.27 bits per heavy atom. The van der Waals surface area contributed by atoms with E-state index in [-0.39, 0.29) is 12.2 Å². The number of hydrogen-bond donors (Lipinski definition) is 1. The summed E-state index contributed by atoms with van der Waals surface area (Å²) in [7, 11) is 0. The third-order valence-electron chi connectivity index (χ3n) is 3.53. The van der Waals surface area contributed by atoms with Gasteiger partial charge >= 0.3 is 6.18 Å². The Balaban J connectivity index is 1.75. The molecule has 0 aliphatic heterocycles. The van der Waals surface area contributed by atoms with Gasteiger partial charge < -0.3 is 9.84 Å². The molecular formula is C17H14F3N3O2S. The zero-order chi connectivity index (χ0) is 18.9. The van der Waals surface area contributed by atoms with E-state index in [0.29, 0.717) is 27.0 Å². The molecule has 0 unspecified atom stereocenters. The van der Waals surface area contributed by atoms with Crippen molar-refractivity contribution in [2.24, 2.45) is 0 Å². The molecule has 1 aromatic carbocycles. The lowest BCUT2D eigenvalue weighted by molar-refractivity contribution is -0.137. The van der Waals surface area contributed by atoms with Gasteiger partial charge in [0.25, 0.3) is 5.91 Å². The first-order valence-electron chi connectivity index (χ1n) is 7.59. The molecule has 0 atom stereocenters. The number of carbonyl (C=O) groups is 1. The fraction of sp³-hybridized carbons (Fsp3) is 0.235. The van der Waals surface area contributed by atoms with E-state index in [4.69, 9.17) is 4.52 Å². The minimum atomic E-state index is -4.39. The van der Waals surface area contributed by atoms with Crippen molar-refractivity contribution in [1.29, 1.82) is 0 Å². The number of thiazole rings is 1. The first-order valence-corrected chi connectivity index (χ1v) is 8.41. The Morgan fingerprint density at radius 3 is 2.69 bits per heavy atom. The van der Waals surface area contributed by atoms with E-state index in [1.807, 2.05) is 0 Å². The second kappa shape index (κ2) is 6.91. The number of anilines is 1. The van der Waals surface area contributed by atoms with Crippen molar-refractivity contribution in [3.63, 3.8) is 0 Å². The van der Waals surface area contributed by atoms with Crippen molar-refractivity contribution in [2.45, 2.75) is 26.4 Å². The van der Waals surface area contributed by atoms with Crippen molar-refractivity contribution in [3.8, 4) is 0 Å². The summed E-state index contributed by atoms with van der Waals surface area (Å²) in [5, 5.41) is 7.46. The quantitative estimate of drug-likeness (QED) is 0.717. The van der Waals surface area contributed by atoms with Crippen LogP contribution in [0.15, 0.2) is 34.9 Å². The summed E-state index contributed by atoms with van der Waals surface area (Å²) in [4.78, 5) is 16.4. The molecule has 0 saturated heterocycles. The Hall–Kier alpha value is -2.68. The van der Waals surface area contributed by atoms with E-state index in [0.717, 1.165) is 12.1 Å². The SMILES string of the molecule is Cc1cc(C(=O)Nc2sc(Cc3cccc(C(F)(F)F)c3)nc2C)on1. The number of nitrogens with zero attached hydrogens (tertiary/aromatic N) is 2. The van der Waals surface area contributed by atoms with E-state index in [1.54, 1.807) is 19.9 Å². The lowest BCUT2D eigenvalue weighted by Crippen LogP contribution is -2.10. The minimum absolute atomic E-state index is 0.0785. The average molecular weight is 381 g/mol. The van der Waals surface area contributed by atoms with Crippen LogP contribution in [0.25, 0.3) is 0 Å². The van der Waals surface area contributed by atoms with E-state index in [9.17, 15) is 18.0 Å². The smallest absolute Gasteiger partial charge is 0.351 e. The second-order valence-corrected chi connectivity index (χ2v) is 6.77. The third-order valence-corrected chi connectivity index (χ3v) is 4.60. The Labute approximate surface area is 150 Å². The van der Waals surface area contributed by atoms with Crippen molar-refractivity contribution in [2.75, 3.05) is 5.32 Å². The van der Waals surface area contributed by atoms with Gasteiger partial charge in [-0.2, -0.15) is 13.2 Å². The van der Waals surface area contributed by atoms with Gasteiger partial charge in [-0.15, -0.1) is 11.3 Å². The molecule has 0 bridgehead atoms. The first-order chi connectivity index (χ1) is 12.2. The van der Waals surface area contributed by atoms with Gasteiger partial charge in [-0.3, -0.25) is 4.79 Å². The summed E-state index contributed by atoms with van der Waals surface area (Å²) in [6.45, 7) is 3.42. The number of benzene rings is 1. The average Bonchev–Trinajstić information content (AvgIpc) is 3.13. The molecule has 3 rings (SSSR count). The number of alkyl halides is 3. The number of halogens is 3. The van der Waals surface area contributed by atoms with Gasteiger partial charge in [-0.05, 0) is 25.5 Å². The van der Waals surface area contributed by atoms with Crippen LogP contribution in [-0.2, 0) is 12.6 Å². The van der Waals surface area contributed by atoms with E-state index < -0.39 is 17.6 Å². The highest BCUT2D eigenvalue weighted by Crippen LogP contribution is 2.31. The zero-order valence-corrected chi connectivity index (χ0v) is 14.7. The van der Waals surface area contributed by atoms with Gasteiger partial charge in [-0.25, -0.2) is 4.98 Å². The van der Waals surface area contributed by atoms with Crippen LogP contribution in [0.2, 0.25) is 0 Å². The molecule has 26 heavy (non-hydrogen) atoms. The van der Waals surface area contributed by atoms with Crippen LogP contribution >= 0.6 is 11.3 Å². The monoisotopic (exact) mass is 381 g/mol. The van der Waals surface area contributed by atoms with Crippen molar-refractivity contribution < 1.29 is 22.5 Å². The highest BCUT2D eigenvalue weighted by atomic mass is 32.1. The standard InChI is InChI=1S/C17H14F3N3O2S/c1-9-6-13(25-23-9)15(24)22-16-10(2)21-14(26-16)8-11-4-3-5-12(7-11)17(18,19)20/h3-7H,8H2,1-2H3,(H,22,24). The summed E-state index contributed by atoms with van der Waals surface area (Å²) in [6, 6.07) is 6.62. The predicted molar refractivity (Wildman–Crippen MR) is 90.3 cm³/mol. The largest absolute Gasteiger partial charge is 0.416 e. The number of hydrogen-bond acceptors (Lipinski definition) is 5. The number of carbonyl (C=O) groups excluding carboxylic acids is 1. The summed E-state index contributed by atoms with van der Waals surface area (Å²) in [5.41, 5.74) is 0.970. The zero-order valence-electron chi connectivity index (χ0n) is 13.8. The molecule has 2 aromatic heterocycles. The molecular weight excluding hydrogens is 367 g/mol. The summed E-state index contributed by atoms with van der Waals surface area (Å²) in [5.74, 6) is -0.377. The van der Waals surface area contributed by atoms with Crippen LogP contribution in [0.1, 0.15) is 38.1 Å². The van der Waals surface area contributed by atoms with Crippen LogP contribution in [0.4, 0.5) is 18.2 Å². The Kier molecular flexibility index (Phi) is 4.82. The molecule has 0 fully saturated rings. The van der Waals surface area contributed by atoms with Crippen molar-refractivity contribution >= 4 is 22.2 Å². The molecule has 0 saturated carbocycles. The molecule has 5 nitrogen and oxygen atoms in total. The maximum Gasteiger partial charge on any atom is 0.416 e. The lowest BCUT2D eigenvalue weighted by Gasteiger charge is -2.07. The van der Waals surface area contributed by atoms with Gasteiger partial charge in [0.15, 0.2) is 0 Å². The minimum Gasteiger partial charge on any atom is -0.351 e. The fourth-order valence-corrected chi connectivity index (χ4v) is 3.31. The third kappa shape index (κ3) is 4.10. The van der Waals surface area contributed by atoms with Gasteiger partial charge in [-0.1, -0.05) is 23.4 Å². The normalized spacial score (nSPS) is 11.6. The molecule has 9 heteroatoms. The molecule has 0 spiro atoms. The molecule has 136 valence electrons. The predicted octanol–water partition coefficient (Wildman–Crippen LogP) is 4.61. The number of amides is 1. The number of rotatable bonds is 4. The van der Waals surface area contributed by atoms with E-state index in [1.165, 1.54) is 23.5 Å². The Bertz CT molecular complexity index is 947. The molecule has 1 amide bonds. The number of nitrogens with one attached hydrogen (secondary N) is 1. The highest BCUT2D eigenvalue weighted by Gasteiger charge is 2.30. The summed E-state index contributed by atoms with van der Waals surface area (Å²) < 4.78 is 43.3. The van der Waals surface area contributed by atoms with E-state index in [2.05, 4.69) is 15.5 Å². The maximum atomic E-state index is 12.8. The molecule has 0 aliphatic rings. The van der Waals surface area contributed by atoms with Crippen LogP contribution in [-0.4, -0.2) is 16.0 Å². The number of aromatic nitrogens is 2. The van der Waals surface area contributed by atoms with Crippen LogP contribution < -0.4 is 5.32 Å². The molecule has 2 heterocycles. The van der Waals surface area contributed by atoms with Gasteiger partial charge in [0.05, 0.1) is 22.0 Å². The van der Waals surface area contributed by atoms with Gasteiger partial charge in [0.2, 0.25) is 5.76 Å². The molecule has 0 radical (unpaired) electrons. The van der Waals surface area contributed by atoms with Crippen LogP contribution in [0, 0.1) is 13.8 Å². The first kappa shape index (κ1) is 18.1. The van der Waals surface area contributed by atoms with Gasteiger partial charge in [0.1, 0.15) is 5.00 Å². The number of aryl methyl sites for hydroxylation is 2. The van der Waals surface area contributed by atoms with E-state index >= 15 is 0 Å². The highest BCUT2D eigenvalue weighted by molar-refractivity contribution is 7.16. The van der Waals surface area contributed by atoms with Gasteiger partial charge in [0, 0.05) is 12.5 Å². The van der Waals surface area contributed by atoms with Crippen LogP contribution in [0.3, 0.4) is 0 Å². The molecule has 0 aliphatic carbocycles. The summed E-state index contributed by atoms with van der Waals surface area (Å²) >= 11 is 1.21. The van der Waals surface area contributed by atoms with Crippen LogP contribution in [0.5, 0.6) is 0 Å². The molecule has 1 N–H and O–H groups in total. The Morgan fingerprint density at radius 2 is 2.04 bits per heavy atom. The lowest BCUT2D eigenvalue weighted by atomic mass is 10.1. The maximum absolute atomic E-state index is 12.8.